The van der Waals surface area contributed by atoms with E-state index in [2.05, 4.69) is 26.6 Å². The van der Waals surface area contributed by atoms with Gasteiger partial charge in [-0.3, -0.25) is 29.3 Å². The number of carbonyl (C=O) groups excluding carboxylic acids is 8. The molecule has 1 unspecified atom stereocenters. The van der Waals surface area contributed by atoms with Gasteiger partial charge >= 0.3 is 130 Å². The van der Waals surface area contributed by atoms with Gasteiger partial charge in [0.1, 0.15) is 92.3 Å². The molecular weight excluding hydrogens is 1460 g/mol. The average molecular weight is 1540 g/mol. The first kappa shape index (κ1) is 91.3. The zero-order valence-electron chi connectivity index (χ0n) is 55.9. The Bertz CT molecular complexity index is 3760. The van der Waals surface area contributed by atoms with Crippen LogP contribution in [0.2, 0.25) is 0 Å². The number of imide groups is 1. The van der Waals surface area contributed by atoms with E-state index in [4.69, 9.17) is 37.9 Å². The summed E-state index contributed by atoms with van der Waals surface area (Å²) >= 11 is 0. The quantitative estimate of drug-likeness (QED) is 0.0133. The fourth-order valence-electron chi connectivity index (χ4n) is 11.9. The Morgan fingerprint density at radius 1 is 0.696 bits per heavy atom. The van der Waals surface area contributed by atoms with Crippen LogP contribution in [0, 0.1) is 11.8 Å². The van der Waals surface area contributed by atoms with E-state index >= 15 is 0 Å². The first-order valence-corrected chi connectivity index (χ1v) is 34.9. The Balaban J connectivity index is 0.00000551. The predicted molar refractivity (Wildman–Crippen MR) is 318 cm³/mol. The van der Waals surface area contributed by atoms with E-state index < -0.39 is 252 Å². The van der Waals surface area contributed by atoms with Gasteiger partial charge in [0.2, 0.25) is 29.5 Å². The molecule has 37 nitrogen and oxygen atoms in total. The van der Waals surface area contributed by atoms with Gasteiger partial charge in [0.25, 0.3) is 0 Å². The first-order chi connectivity index (χ1) is 46.2. The van der Waals surface area contributed by atoms with E-state index in [0.717, 1.165) is 19.3 Å². The van der Waals surface area contributed by atoms with Crippen LogP contribution in [-0.4, -0.2) is 250 Å². The molecule has 2 aliphatic carbocycles. The number of ether oxygens (including phenoxy) is 8. The molecule has 7 amide bonds. The summed E-state index contributed by atoms with van der Waals surface area (Å²) in [4.78, 5) is 102. The van der Waals surface area contributed by atoms with Crippen molar-refractivity contribution in [3.63, 3.8) is 0 Å². The van der Waals surface area contributed by atoms with Crippen molar-refractivity contribution in [1.29, 1.82) is 0 Å². The van der Waals surface area contributed by atoms with Crippen molar-refractivity contribution in [3.05, 3.63) is 60.2 Å². The topological polar surface area (TPSA) is 578 Å². The number of esters is 1. The Hall–Kier alpha value is -3.07. The van der Waals surface area contributed by atoms with Crippen molar-refractivity contribution in [3.8, 4) is 0 Å². The van der Waals surface area contributed by atoms with Crippen molar-refractivity contribution < 1.29 is 264 Å². The van der Waals surface area contributed by atoms with Crippen LogP contribution in [0.1, 0.15) is 75.1 Å². The van der Waals surface area contributed by atoms with Gasteiger partial charge in [0.15, 0.2) is 18.7 Å². The van der Waals surface area contributed by atoms with E-state index in [-0.39, 0.29) is 162 Å². The number of rotatable bonds is 29. The third-order valence-corrected chi connectivity index (χ3v) is 19.2. The summed E-state index contributed by atoms with van der Waals surface area (Å²) in [6.45, 7) is -2.62. The SMILES string of the molecule is C[C@@H]1O[C@@H](O[C@@H]2[C@@H](NC(=O)C3CC(=O)NC(=O)N3)C[C@@H](C(=O)NCCNC(=O)COCCOCC(=O)Nc3cc(S(=O)(=O)[O-])cc4cc(S(=O)(=O)[O-])cc(S(=O)(=O)[O-])c34)C[C@H]2O[C@@H]2O[C@H](CO)[C@H](O)[C@H](O[C@@H](CC3CCCCC3)C(=O)[O-])[C@H]2OC(=O)c2ccccc2)[C@@H](O)[C@H](O)[C@@H]1O.[Na+].[Na+].[Na+].[Na+]. The monoisotopic (exact) mass is 1540 g/mol. The molecule has 8 rings (SSSR count). The largest absolute Gasteiger partial charge is 1.00 e. The zero-order valence-corrected chi connectivity index (χ0v) is 66.3. The van der Waals surface area contributed by atoms with Gasteiger partial charge in [-0.2, -0.15) is 0 Å². The minimum Gasteiger partial charge on any atom is -0.744 e. The molecule has 16 atom stereocenters. The third-order valence-electron chi connectivity index (χ3n) is 16.8. The van der Waals surface area contributed by atoms with Crippen LogP contribution in [0.25, 0.3) is 10.8 Å². The minimum atomic E-state index is -5.65. The molecule has 0 bridgehead atoms. The standard InChI is InChI=1S/C58H76N6O31S3.4Na/c1-27-45(69)47(71)48(72)56(90-27)95-49-35(62-53(74)36-23-41(66)64-58(78)63-36)19-31(20-37(49)92-57-51(94-55(77)29-10-6-3-7-11-29)50(46(70)39(24-65)93-57)91-38(54(75)76)16-28-8-4-2-5-9-28)52(73)60-13-12-59-42(67)25-88-14-15-89-26-43(68)61-34-21-32(96(79,80)81)17-30-18-33(97(82,83)84)22-40(44(30)34)98(85,86)87;;;;/h3,6-7,10-11,17-18,21-22,27-28,31,35-39,45-51,56-57,65,69-72H,2,4-5,8-9,12-16,19-20,23-26H2,1H3,(H,59,67)(H,60,73)(H,61,68)(H,62,74)(H,75,76)(H,79,80,81)(H,82,83,84)(H,85,86,87)(H2,63,64,66,78);;;;/q;4*+1/p-4/t27-,31+,35-,36?,37+,38-,39+,45+,46-,47+,48-,49+,50-,51+,56-,57+;;;;/m0..../s1. The molecule has 2 saturated carbocycles. The molecule has 542 valence electrons. The zero-order chi connectivity index (χ0) is 71.6. The number of aliphatic hydroxyl groups excluding tert-OH is 5. The summed E-state index contributed by atoms with van der Waals surface area (Å²) in [6, 6.07) is 4.86. The van der Waals surface area contributed by atoms with E-state index in [9.17, 15) is 108 Å². The van der Waals surface area contributed by atoms with Crippen molar-refractivity contribution in [2.75, 3.05) is 51.4 Å². The molecule has 44 heteroatoms. The van der Waals surface area contributed by atoms with Gasteiger partial charge in [-0.05, 0) is 73.9 Å². The number of benzene rings is 3. The Kier molecular flexibility index (Phi) is 36.6. The number of hydrogen-bond donors (Lipinski definition) is 11. The molecule has 3 aromatic rings. The summed E-state index contributed by atoms with van der Waals surface area (Å²) in [5.41, 5.74) is -0.840. The van der Waals surface area contributed by atoms with Gasteiger partial charge in [0, 0.05) is 24.4 Å². The number of anilines is 1. The van der Waals surface area contributed by atoms with Crippen molar-refractivity contribution in [2.24, 2.45) is 11.8 Å². The number of carboxylic acids is 1. The number of nitrogens with one attached hydrogen (secondary N) is 6. The second kappa shape index (κ2) is 40.9. The molecule has 0 aromatic heterocycles. The van der Waals surface area contributed by atoms with Crippen LogP contribution in [0.15, 0.2) is 69.3 Å². The maximum Gasteiger partial charge on any atom is 1.00 e. The predicted octanol–water partition coefficient (Wildman–Crippen LogP) is -17.4. The number of carbonyl (C=O) groups is 8. The van der Waals surface area contributed by atoms with Gasteiger partial charge in [-0.25, -0.2) is 34.8 Å². The summed E-state index contributed by atoms with van der Waals surface area (Å²) in [5, 5.41) is 80.9. The van der Waals surface area contributed by atoms with E-state index in [0.29, 0.717) is 31.0 Å². The maximum absolute atomic E-state index is 14.4. The Labute approximate surface area is 672 Å². The molecule has 102 heavy (non-hydrogen) atoms. The van der Waals surface area contributed by atoms with Gasteiger partial charge < -0.3 is 114 Å². The molecule has 0 radical (unpaired) electrons. The Morgan fingerprint density at radius 3 is 1.91 bits per heavy atom. The number of amides is 7. The molecule has 5 aliphatic rings. The van der Waals surface area contributed by atoms with E-state index in [1.165, 1.54) is 31.2 Å². The van der Waals surface area contributed by atoms with Crippen LogP contribution in [0.4, 0.5) is 10.5 Å². The number of aliphatic hydroxyl groups is 5. The van der Waals surface area contributed by atoms with Crippen molar-refractivity contribution >= 4 is 94.3 Å². The smallest absolute Gasteiger partial charge is 0.744 e. The molecule has 5 fully saturated rings. The molecular formula is C58H72N6Na4O31S3. The third kappa shape index (κ3) is 25.0. The van der Waals surface area contributed by atoms with Crippen LogP contribution in [0.3, 0.4) is 0 Å². The second-order valence-electron chi connectivity index (χ2n) is 23.8. The fourth-order valence-corrected chi connectivity index (χ4v) is 13.8. The molecule has 0 spiro atoms. The van der Waals surface area contributed by atoms with E-state index in [1.54, 1.807) is 6.07 Å². The minimum absolute atomic E-state index is 0. The molecule has 3 aromatic carbocycles. The van der Waals surface area contributed by atoms with Gasteiger partial charge in [-0.15, -0.1) is 0 Å². The molecule has 3 heterocycles. The molecule has 3 saturated heterocycles. The molecule has 3 aliphatic heterocycles. The number of hydrogen-bond acceptors (Lipinski definition) is 31. The van der Waals surface area contributed by atoms with Crippen molar-refractivity contribution in [2.45, 2.75) is 171 Å². The van der Waals surface area contributed by atoms with Crippen LogP contribution >= 0.6 is 0 Å². The summed E-state index contributed by atoms with van der Waals surface area (Å²) in [7, 11) is -16.5. The van der Waals surface area contributed by atoms with Gasteiger partial charge in [0.05, 0.1) is 82.5 Å². The average Bonchev–Trinajstić information content (AvgIpc) is 0.755. The summed E-state index contributed by atoms with van der Waals surface area (Å²) in [5.74, 6) is -8.84. The van der Waals surface area contributed by atoms with Crippen LogP contribution in [0.5, 0.6) is 0 Å². The number of carboxylic acid groups (broad SMARTS) is 1. The first-order valence-electron chi connectivity index (χ1n) is 30.7. The normalized spacial score (nSPS) is 27.2. The Morgan fingerprint density at radius 2 is 1.31 bits per heavy atom. The van der Waals surface area contributed by atoms with Crippen LogP contribution in [-0.2, 0) is 97.0 Å². The van der Waals surface area contributed by atoms with Crippen molar-refractivity contribution in [1.82, 2.24) is 26.6 Å². The summed E-state index contributed by atoms with van der Waals surface area (Å²) < 4.78 is 155. The summed E-state index contributed by atoms with van der Waals surface area (Å²) in [6.07, 6.45) is -21.2. The van der Waals surface area contributed by atoms with E-state index in [1.807, 2.05) is 5.32 Å². The maximum atomic E-state index is 14.4. The number of aliphatic carboxylic acids is 1. The number of fused-ring (bicyclic) bond motifs is 1. The fraction of sp³-hybridized carbons (Fsp3) is 0.586. The molecule has 11 N–H and O–H groups in total. The van der Waals surface area contributed by atoms with Crippen LogP contribution < -0.4 is 155 Å². The van der Waals surface area contributed by atoms with Gasteiger partial charge in [-0.1, -0.05) is 50.3 Å². The number of urea groups is 1. The second-order valence-corrected chi connectivity index (χ2v) is 27.9.